The molecule has 1 atom stereocenters. The number of likely N-dealkylation sites (tertiary alicyclic amines) is 1. The average molecular weight is 381 g/mol. The van der Waals surface area contributed by atoms with Gasteiger partial charge >= 0.3 is 0 Å². The van der Waals surface area contributed by atoms with E-state index >= 15 is 0 Å². The van der Waals surface area contributed by atoms with Crippen molar-refractivity contribution in [3.8, 4) is 5.75 Å². The fourth-order valence-corrected chi connectivity index (χ4v) is 5.08. The van der Waals surface area contributed by atoms with Crippen LogP contribution in [-0.4, -0.2) is 63.4 Å². The molecule has 2 aliphatic rings. The summed E-state index contributed by atoms with van der Waals surface area (Å²) in [7, 11) is -0.249. The lowest BCUT2D eigenvalue weighted by molar-refractivity contribution is -0.127. The Hall–Kier alpha value is -1.80. The lowest BCUT2D eigenvalue weighted by atomic mass is 10.2. The van der Waals surface area contributed by atoms with Gasteiger partial charge in [-0.05, 0) is 37.5 Å². The van der Waals surface area contributed by atoms with Gasteiger partial charge in [-0.3, -0.25) is 4.79 Å². The molecule has 1 aromatic carbocycles. The van der Waals surface area contributed by atoms with Crippen LogP contribution < -0.4 is 10.1 Å². The monoisotopic (exact) mass is 381 g/mol. The molecule has 1 N–H and O–H groups in total. The molecule has 0 bridgehead atoms. The van der Waals surface area contributed by atoms with Crippen LogP contribution in [0.3, 0.4) is 0 Å². The lowest BCUT2D eigenvalue weighted by Gasteiger charge is -2.22. The summed E-state index contributed by atoms with van der Waals surface area (Å²) in [5, 5.41) is 3.17. The molecule has 0 unspecified atom stereocenters. The molecule has 26 heavy (non-hydrogen) atoms. The Bertz CT molecular complexity index is 758. The smallest absolute Gasteiger partial charge is 0.244 e. The van der Waals surface area contributed by atoms with Crippen molar-refractivity contribution in [3.05, 3.63) is 18.2 Å². The van der Waals surface area contributed by atoms with Crippen molar-refractivity contribution in [2.45, 2.75) is 43.0 Å². The molecular formula is C18H27N3O4S. The number of benzene rings is 1. The third-order valence-electron chi connectivity index (χ3n) is 5.13. The van der Waals surface area contributed by atoms with Crippen LogP contribution in [0.15, 0.2) is 23.1 Å². The molecule has 0 aromatic heterocycles. The Kier molecular flexibility index (Phi) is 5.72. The molecule has 2 saturated heterocycles. The van der Waals surface area contributed by atoms with Gasteiger partial charge in [0.1, 0.15) is 11.8 Å². The standard InChI is InChI=1S/C18H27N3O4S/c1-20-12-9-15(18(20)22)19-16-13-14(7-8-17(16)25-2)26(23,24)21-10-5-3-4-6-11-21/h7-8,13,15,19H,3-6,9-12H2,1-2H3/t15-/m1/s1. The highest BCUT2D eigenvalue weighted by molar-refractivity contribution is 7.89. The normalized spacial score (nSPS) is 22.3. The summed E-state index contributed by atoms with van der Waals surface area (Å²) >= 11 is 0. The van der Waals surface area contributed by atoms with Gasteiger partial charge < -0.3 is 15.0 Å². The number of hydrogen-bond acceptors (Lipinski definition) is 5. The minimum absolute atomic E-state index is 0.00725. The van der Waals surface area contributed by atoms with Gasteiger partial charge in [-0.1, -0.05) is 12.8 Å². The van der Waals surface area contributed by atoms with Gasteiger partial charge in [-0.25, -0.2) is 8.42 Å². The maximum Gasteiger partial charge on any atom is 0.244 e. The number of nitrogens with zero attached hydrogens (tertiary/aromatic N) is 2. The molecule has 2 heterocycles. The van der Waals surface area contributed by atoms with Gasteiger partial charge in [0.2, 0.25) is 15.9 Å². The maximum atomic E-state index is 13.0. The zero-order chi connectivity index (χ0) is 18.7. The Balaban J connectivity index is 1.87. The molecule has 0 aliphatic carbocycles. The van der Waals surface area contributed by atoms with Crippen LogP contribution in [-0.2, 0) is 14.8 Å². The van der Waals surface area contributed by atoms with Crippen molar-refractivity contribution in [3.63, 3.8) is 0 Å². The molecular weight excluding hydrogens is 354 g/mol. The van der Waals surface area contributed by atoms with Gasteiger partial charge in [0, 0.05) is 26.7 Å². The highest BCUT2D eigenvalue weighted by Gasteiger charge is 2.31. The number of carbonyl (C=O) groups excluding carboxylic acids is 1. The molecule has 2 aliphatic heterocycles. The molecule has 1 aromatic rings. The first kappa shape index (κ1) is 19.0. The lowest BCUT2D eigenvalue weighted by Crippen LogP contribution is -2.32. The zero-order valence-electron chi connectivity index (χ0n) is 15.4. The van der Waals surface area contributed by atoms with E-state index < -0.39 is 10.0 Å². The number of amides is 1. The third kappa shape index (κ3) is 3.81. The van der Waals surface area contributed by atoms with E-state index in [9.17, 15) is 13.2 Å². The predicted molar refractivity (Wildman–Crippen MR) is 99.9 cm³/mol. The summed E-state index contributed by atoms with van der Waals surface area (Å²) in [6.07, 6.45) is 4.60. The predicted octanol–water partition coefficient (Wildman–Crippen LogP) is 1.90. The molecule has 1 amide bonds. The van der Waals surface area contributed by atoms with Crippen molar-refractivity contribution < 1.29 is 17.9 Å². The van der Waals surface area contributed by atoms with E-state index in [1.54, 1.807) is 34.5 Å². The Morgan fingerprint density at radius 1 is 1.12 bits per heavy atom. The Morgan fingerprint density at radius 2 is 1.81 bits per heavy atom. The van der Waals surface area contributed by atoms with Crippen LogP contribution in [0.1, 0.15) is 32.1 Å². The number of sulfonamides is 1. The van der Waals surface area contributed by atoms with Crippen LogP contribution in [0.25, 0.3) is 0 Å². The summed E-state index contributed by atoms with van der Waals surface area (Å²) in [6.45, 7) is 1.80. The number of ether oxygens (including phenoxy) is 1. The zero-order valence-corrected chi connectivity index (χ0v) is 16.2. The molecule has 2 fully saturated rings. The van der Waals surface area contributed by atoms with E-state index in [2.05, 4.69) is 5.32 Å². The van der Waals surface area contributed by atoms with E-state index in [1.165, 1.54) is 7.11 Å². The van der Waals surface area contributed by atoms with Crippen molar-refractivity contribution in [2.75, 3.05) is 39.1 Å². The summed E-state index contributed by atoms with van der Waals surface area (Å²) in [4.78, 5) is 14.1. The molecule has 0 saturated carbocycles. The van der Waals surface area contributed by atoms with E-state index in [0.29, 0.717) is 37.5 Å². The van der Waals surface area contributed by atoms with Crippen LogP contribution in [0.5, 0.6) is 5.75 Å². The van der Waals surface area contributed by atoms with Crippen molar-refractivity contribution >= 4 is 21.6 Å². The molecule has 3 rings (SSSR count). The first-order valence-corrected chi connectivity index (χ1v) is 10.6. The van der Waals surface area contributed by atoms with Crippen molar-refractivity contribution in [2.24, 2.45) is 0 Å². The average Bonchev–Trinajstić information content (AvgIpc) is 2.86. The van der Waals surface area contributed by atoms with Gasteiger partial charge in [0.25, 0.3) is 0 Å². The number of carbonyl (C=O) groups is 1. The van der Waals surface area contributed by atoms with Crippen LogP contribution in [0.2, 0.25) is 0 Å². The summed E-state index contributed by atoms with van der Waals surface area (Å²) < 4.78 is 33.0. The number of methoxy groups -OCH3 is 1. The fourth-order valence-electron chi connectivity index (χ4n) is 3.54. The molecule has 0 radical (unpaired) electrons. The van der Waals surface area contributed by atoms with E-state index in [4.69, 9.17) is 4.74 Å². The molecule has 8 heteroatoms. The second-order valence-electron chi connectivity index (χ2n) is 6.93. The van der Waals surface area contributed by atoms with Gasteiger partial charge in [-0.2, -0.15) is 4.31 Å². The fraction of sp³-hybridized carbons (Fsp3) is 0.611. The first-order chi connectivity index (χ1) is 12.4. The van der Waals surface area contributed by atoms with Gasteiger partial charge in [-0.15, -0.1) is 0 Å². The number of likely N-dealkylation sites (N-methyl/N-ethyl adjacent to an activating group) is 1. The highest BCUT2D eigenvalue weighted by Crippen LogP contribution is 2.31. The third-order valence-corrected chi connectivity index (χ3v) is 7.03. The molecule has 0 spiro atoms. The van der Waals surface area contributed by atoms with Crippen molar-refractivity contribution in [1.29, 1.82) is 0 Å². The van der Waals surface area contributed by atoms with Crippen LogP contribution in [0, 0.1) is 0 Å². The van der Waals surface area contributed by atoms with Crippen LogP contribution >= 0.6 is 0 Å². The molecule has 7 nitrogen and oxygen atoms in total. The van der Waals surface area contributed by atoms with E-state index in [1.807, 2.05) is 0 Å². The highest BCUT2D eigenvalue weighted by atomic mass is 32.2. The quantitative estimate of drug-likeness (QED) is 0.843. The number of anilines is 1. The maximum absolute atomic E-state index is 13.0. The Labute approximate surface area is 155 Å². The molecule has 144 valence electrons. The first-order valence-electron chi connectivity index (χ1n) is 9.13. The number of nitrogens with one attached hydrogen (secondary N) is 1. The minimum Gasteiger partial charge on any atom is -0.495 e. The van der Waals surface area contributed by atoms with Gasteiger partial charge in [0.05, 0.1) is 17.7 Å². The summed E-state index contributed by atoms with van der Waals surface area (Å²) in [5.41, 5.74) is 0.539. The topological polar surface area (TPSA) is 79.0 Å². The van der Waals surface area contributed by atoms with Crippen molar-refractivity contribution in [1.82, 2.24) is 9.21 Å². The van der Waals surface area contributed by atoms with E-state index in [0.717, 1.165) is 25.7 Å². The number of rotatable bonds is 5. The SMILES string of the molecule is COc1ccc(S(=O)(=O)N2CCCCCC2)cc1N[C@@H]1CCN(C)C1=O. The minimum atomic E-state index is -3.55. The van der Waals surface area contributed by atoms with Crippen LogP contribution in [0.4, 0.5) is 5.69 Å². The second kappa shape index (κ2) is 7.84. The van der Waals surface area contributed by atoms with Gasteiger partial charge in [0.15, 0.2) is 0 Å². The second-order valence-corrected chi connectivity index (χ2v) is 8.86. The number of hydrogen-bond donors (Lipinski definition) is 1. The largest absolute Gasteiger partial charge is 0.495 e. The summed E-state index contributed by atoms with van der Waals surface area (Å²) in [5.74, 6) is 0.537. The summed E-state index contributed by atoms with van der Waals surface area (Å²) in [6, 6.07) is 4.46. The Morgan fingerprint density at radius 3 is 2.38 bits per heavy atom. The van der Waals surface area contributed by atoms with E-state index in [-0.39, 0.29) is 16.8 Å².